The van der Waals surface area contributed by atoms with Crippen LogP contribution >= 0.6 is 12.6 Å². The van der Waals surface area contributed by atoms with Crippen LogP contribution in [0.4, 0.5) is 10.1 Å². The summed E-state index contributed by atoms with van der Waals surface area (Å²) < 4.78 is 13.2. The maximum absolute atomic E-state index is 13.2. The van der Waals surface area contributed by atoms with Crippen LogP contribution in [0.25, 0.3) is 0 Å². The highest BCUT2D eigenvalue weighted by Crippen LogP contribution is 2.18. The van der Waals surface area contributed by atoms with Crippen LogP contribution in [0, 0.1) is 24.1 Å². The molecule has 0 radical (unpaired) electrons. The molecule has 20 heavy (non-hydrogen) atoms. The van der Waals surface area contributed by atoms with Crippen LogP contribution in [0.1, 0.15) is 21.5 Å². The van der Waals surface area contributed by atoms with Gasteiger partial charge in [0.25, 0.3) is 5.91 Å². The molecule has 0 aliphatic rings. The van der Waals surface area contributed by atoms with Crippen LogP contribution in [-0.2, 0) is 0 Å². The predicted octanol–water partition coefficient (Wildman–Crippen LogP) is 3.55. The van der Waals surface area contributed by atoms with E-state index in [-0.39, 0.29) is 11.5 Å². The first-order valence-corrected chi connectivity index (χ1v) is 6.26. The maximum atomic E-state index is 13.2. The van der Waals surface area contributed by atoms with Crippen molar-refractivity contribution in [3.05, 3.63) is 58.9 Å². The fraction of sp³-hybridized carbons (Fsp3) is 0.0667. The first-order valence-electron chi connectivity index (χ1n) is 5.82. The molecule has 2 aromatic carbocycles. The summed E-state index contributed by atoms with van der Waals surface area (Å²) in [5, 5.41) is 11.4. The Morgan fingerprint density at radius 3 is 2.75 bits per heavy atom. The van der Waals surface area contributed by atoms with Gasteiger partial charge >= 0.3 is 0 Å². The van der Waals surface area contributed by atoms with Crippen molar-refractivity contribution in [2.75, 3.05) is 5.32 Å². The third-order valence-electron chi connectivity index (χ3n) is 2.81. The Labute approximate surface area is 121 Å². The molecular weight excluding hydrogens is 275 g/mol. The van der Waals surface area contributed by atoms with Crippen LogP contribution in [0.2, 0.25) is 0 Å². The lowest BCUT2D eigenvalue weighted by atomic mass is 10.1. The van der Waals surface area contributed by atoms with Crippen molar-refractivity contribution in [1.29, 1.82) is 5.26 Å². The van der Waals surface area contributed by atoms with Crippen molar-refractivity contribution in [2.45, 2.75) is 11.8 Å². The predicted molar refractivity (Wildman–Crippen MR) is 77.5 cm³/mol. The number of carbonyl (C=O) groups excluding carboxylic acids is 1. The molecule has 0 heterocycles. The highest BCUT2D eigenvalue weighted by Gasteiger charge is 2.11. The molecule has 2 rings (SSSR count). The third-order valence-corrected chi connectivity index (χ3v) is 3.09. The summed E-state index contributed by atoms with van der Waals surface area (Å²) in [6.45, 7) is 1.81. The highest BCUT2D eigenvalue weighted by atomic mass is 32.1. The van der Waals surface area contributed by atoms with Gasteiger partial charge in [0, 0.05) is 16.1 Å². The number of hydrogen-bond acceptors (Lipinski definition) is 3. The van der Waals surface area contributed by atoms with Gasteiger partial charge in [-0.15, -0.1) is 12.6 Å². The topological polar surface area (TPSA) is 52.9 Å². The number of hydrogen-bond donors (Lipinski definition) is 2. The Kier molecular flexibility index (Phi) is 4.06. The standard InChI is InChI=1S/C15H11FN2OS/c1-9-2-4-12(20)7-13(9)15(19)18-11-3-5-14(16)10(6-11)8-17/h2-7,20H,1H3,(H,18,19). The lowest BCUT2D eigenvalue weighted by Crippen LogP contribution is -2.13. The molecule has 2 aromatic rings. The minimum absolute atomic E-state index is 0.109. The summed E-state index contributed by atoms with van der Waals surface area (Å²) in [4.78, 5) is 12.8. The summed E-state index contributed by atoms with van der Waals surface area (Å²) in [5.41, 5.74) is 1.56. The molecule has 3 nitrogen and oxygen atoms in total. The summed E-state index contributed by atoms with van der Waals surface area (Å²) in [5.74, 6) is -0.937. The molecule has 1 N–H and O–H groups in total. The van der Waals surface area contributed by atoms with E-state index in [0.29, 0.717) is 16.1 Å². The Morgan fingerprint density at radius 1 is 1.30 bits per heavy atom. The number of halogens is 1. The van der Waals surface area contributed by atoms with Crippen molar-refractivity contribution >= 4 is 24.2 Å². The summed E-state index contributed by atoms with van der Waals surface area (Å²) in [6, 6.07) is 10.8. The normalized spacial score (nSPS) is 9.90. The largest absolute Gasteiger partial charge is 0.322 e. The number of nitrogens with zero attached hydrogens (tertiary/aromatic N) is 1. The fourth-order valence-corrected chi connectivity index (χ4v) is 1.95. The smallest absolute Gasteiger partial charge is 0.255 e. The van der Waals surface area contributed by atoms with E-state index >= 15 is 0 Å². The second-order valence-electron chi connectivity index (χ2n) is 4.26. The van der Waals surface area contributed by atoms with Gasteiger partial charge in [-0.25, -0.2) is 4.39 Å². The minimum Gasteiger partial charge on any atom is -0.322 e. The monoisotopic (exact) mass is 286 g/mol. The molecule has 0 fully saturated rings. The van der Waals surface area contributed by atoms with Crippen molar-refractivity contribution in [2.24, 2.45) is 0 Å². The zero-order chi connectivity index (χ0) is 14.7. The molecule has 0 aromatic heterocycles. The molecule has 0 aliphatic heterocycles. The molecule has 0 saturated carbocycles. The first-order chi connectivity index (χ1) is 9.51. The molecule has 100 valence electrons. The van der Waals surface area contributed by atoms with Gasteiger partial charge in [-0.05, 0) is 42.8 Å². The second kappa shape index (κ2) is 5.76. The van der Waals surface area contributed by atoms with Crippen molar-refractivity contribution in [3.63, 3.8) is 0 Å². The number of anilines is 1. The number of benzene rings is 2. The molecule has 0 atom stereocenters. The van der Waals surface area contributed by atoms with Gasteiger partial charge in [0.15, 0.2) is 0 Å². The van der Waals surface area contributed by atoms with Crippen molar-refractivity contribution < 1.29 is 9.18 Å². The molecule has 1 amide bonds. The zero-order valence-corrected chi connectivity index (χ0v) is 11.5. The van der Waals surface area contributed by atoms with Crippen LogP contribution < -0.4 is 5.32 Å². The number of aryl methyl sites for hydroxylation is 1. The quantitative estimate of drug-likeness (QED) is 0.830. The van der Waals surface area contributed by atoms with Crippen LogP contribution in [-0.4, -0.2) is 5.91 Å². The van der Waals surface area contributed by atoms with Crippen LogP contribution in [0.15, 0.2) is 41.3 Å². The third kappa shape index (κ3) is 2.98. The maximum Gasteiger partial charge on any atom is 0.255 e. The number of carbonyl (C=O) groups is 1. The first kappa shape index (κ1) is 14.1. The number of nitriles is 1. The highest BCUT2D eigenvalue weighted by molar-refractivity contribution is 7.80. The summed E-state index contributed by atoms with van der Waals surface area (Å²) in [6.07, 6.45) is 0. The van der Waals surface area contributed by atoms with Crippen molar-refractivity contribution in [3.8, 4) is 6.07 Å². The van der Waals surface area contributed by atoms with E-state index < -0.39 is 5.82 Å². The lowest BCUT2D eigenvalue weighted by Gasteiger charge is -2.09. The molecular formula is C15H11FN2OS. The molecule has 0 saturated heterocycles. The SMILES string of the molecule is Cc1ccc(S)cc1C(=O)Nc1ccc(F)c(C#N)c1. The van der Waals surface area contributed by atoms with E-state index in [1.165, 1.54) is 12.1 Å². The summed E-state index contributed by atoms with van der Waals surface area (Å²) >= 11 is 4.19. The second-order valence-corrected chi connectivity index (χ2v) is 4.78. The lowest BCUT2D eigenvalue weighted by molar-refractivity contribution is 0.102. The number of nitrogens with one attached hydrogen (secondary N) is 1. The van der Waals surface area contributed by atoms with E-state index in [0.717, 1.165) is 11.6 Å². The van der Waals surface area contributed by atoms with E-state index in [4.69, 9.17) is 5.26 Å². The Hall–Kier alpha value is -2.32. The Bertz CT molecular complexity index is 722. The number of rotatable bonds is 2. The van der Waals surface area contributed by atoms with Gasteiger partial charge < -0.3 is 5.32 Å². The van der Waals surface area contributed by atoms with Gasteiger partial charge in [-0.3, -0.25) is 4.79 Å². The molecule has 5 heteroatoms. The summed E-state index contributed by atoms with van der Waals surface area (Å²) in [7, 11) is 0. The average molecular weight is 286 g/mol. The zero-order valence-electron chi connectivity index (χ0n) is 10.6. The van der Waals surface area contributed by atoms with Gasteiger partial charge in [-0.1, -0.05) is 6.07 Å². The Morgan fingerprint density at radius 2 is 2.05 bits per heavy atom. The van der Waals surface area contributed by atoms with Crippen LogP contribution in [0.5, 0.6) is 0 Å². The van der Waals surface area contributed by atoms with Gasteiger partial charge in [0.05, 0.1) is 5.56 Å². The van der Waals surface area contributed by atoms with E-state index in [2.05, 4.69) is 17.9 Å². The minimum atomic E-state index is -0.612. The van der Waals surface area contributed by atoms with E-state index in [1.54, 1.807) is 24.3 Å². The van der Waals surface area contributed by atoms with Crippen LogP contribution in [0.3, 0.4) is 0 Å². The molecule has 0 unspecified atom stereocenters. The molecule has 0 aliphatic carbocycles. The van der Waals surface area contributed by atoms with Crippen molar-refractivity contribution in [1.82, 2.24) is 0 Å². The van der Waals surface area contributed by atoms with Gasteiger partial charge in [0.2, 0.25) is 0 Å². The number of thiol groups is 1. The van der Waals surface area contributed by atoms with Gasteiger partial charge in [0.1, 0.15) is 11.9 Å². The Balaban J connectivity index is 2.28. The molecule has 0 spiro atoms. The van der Waals surface area contributed by atoms with Gasteiger partial charge in [-0.2, -0.15) is 5.26 Å². The van der Waals surface area contributed by atoms with E-state index in [9.17, 15) is 9.18 Å². The fourth-order valence-electron chi connectivity index (χ4n) is 1.74. The number of amides is 1. The molecule has 0 bridgehead atoms. The average Bonchev–Trinajstić information content (AvgIpc) is 2.43. The van der Waals surface area contributed by atoms with E-state index in [1.807, 2.05) is 6.92 Å².